The summed E-state index contributed by atoms with van der Waals surface area (Å²) in [4.78, 5) is 1.52. The summed E-state index contributed by atoms with van der Waals surface area (Å²) in [7, 11) is 0. The first kappa shape index (κ1) is 16.0. The molecule has 0 bridgehead atoms. The van der Waals surface area contributed by atoms with Crippen LogP contribution in [0.25, 0.3) is 22.0 Å². The maximum absolute atomic E-state index is 5.98. The van der Waals surface area contributed by atoms with E-state index in [1.165, 1.54) is 4.90 Å². The van der Waals surface area contributed by atoms with Crippen molar-refractivity contribution in [2.75, 3.05) is 39.5 Å². The number of rotatable bonds is 5. The summed E-state index contributed by atoms with van der Waals surface area (Å²) < 4.78 is 11.4. The van der Waals surface area contributed by atoms with Crippen LogP contribution in [0.3, 0.4) is 0 Å². The Balaban J connectivity index is 1.56. The third kappa shape index (κ3) is 3.62. The second-order valence-electron chi connectivity index (χ2n) is 6.23. The molecule has 4 rings (SSSR count). The highest BCUT2D eigenvalue weighted by molar-refractivity contribution is 5.96. The zero-order valence-electron chi connectivity index (χ0n) is 14.1. The van der Waals surface area contributed by atoms with Crippen LogP contribution >= 0.6 is 0 Å². The summed E-state index contributed by atoms with van der Waals surface area (Å²) in [6.07, 6.45) is 0. The molecule has 2 aromatic carbocycles. The lowest BCUT2D eigenvalue weighted by Gasteiger charge is -2.23. The molecule has 1 aliphatic heterocycles. The smallest absolute Gasteiger partial charge is 0.241 e. The van der Waals surface area contributed by atoms with Gasteiger partial charge >= 0.3 is 0 Å². The van der Waals surface area contributed by atoms with Gasteiger partial charge in [-0.25, -0.2) is 0 Å². The monoisotopic (exact) mass is 336 g/mol. The first-order chi connectivity index (χ1) is 12.4. The van der Waals surface area contributed by atoms with Crippen molar-refractivity contribution in [2.24, 2.45) is 0 Å². The van der Waals surface area contributed by atoms with Gasteiger partial charge < -0.3 is 14.4 Å². The van der Waals surface area contributed by atoms with Gasteiger partial charge in [-0.15, -0.1) is 10.2 Å². The second kappa shape index (κ2) is 7.59. The maximum atomic E-state index is 5.98. The van der Waals surface area contributed by atoms with Crippen LogP contribution in [-0.2, 0) is 4.74 Å². The third-order valence-corrected chi connectivity index (χ3v) is 4.59. The van der Waals surface area contributed by atoms with Crippen molar-refractivity contribution in [1.82, 2.24) is 10.2 Å². The molecule has 1 aromatic heterocycles. The Morgan fingerprint density at radius 1 is 0.880 bits per heavy atom. The zero-order chi connectivity index (χ0) is 16.9. The summed E-state index contributed by atoms with van der Waals surface area (Å²) in [5.41, 5.74) is 1.96. The minimum Gasteiger partial charge on any atom is -0.470 e. The predicted molar refractivity (Wildman–Crippen MR) is 96.9 cm³/mol. The average Bonchev–Trinajstić information content (AvgIpc) is 2.69. The first-order valence-electron chi connectivity index (χ1n) is 8.77. The van der Waals surface area contributed by atoms with Crippen LogP contribution in [-0.4, -0.2) is 49.7 Å². The molecular weight excluding hydrogens is 314 g/mol. The van der Waals surface area contributed by atoms with E-state index in [-0.39, 0.29) is 0 Å². The first-order valence-corrected chi connectivity index (χ1v) is 8.77. The minimum absolute atomic E-state index is 0.614. The molecule has 1 N–H and O–H groups in total. The van der Waals surface area contributed by atoms with Crippen molar-refractivity contribution in [2.45, 2.75) is 0 Å². The third-order valence-electron chi connectivity index (χ3n) is 4.59. The molecule has 25 heavy (non-hydrogen) atoms. The lowest BCUT2D eigenvalue weighted by atomic mass is 10.1. The normalized spacial score (nSPS) is 15.4. The van der Waals surface area contributed by atoms with E-state index in [1.807, 2.05) is 36.4 Å². The van der Waals surface area contributed by atoms with Gasteiger partial charge in [-0.05, 0) is 6.07 Å². The quantitative estimate of drug-likeness (QED) is 0.769. The molecule has 1 aliphatic rings. The molecule has 3 aromatic rings. The Bertz CT molecular complexity index is 833. The lowest BCUT2D eigenvalue weighted by molar-refractivity contribution is -0.908. The number of aromatic nitrogens is 2. The maximum Gasteiger partial charge on any atom is 0.241 e. The van der Waals surface area contributed by atoms with Crippen molar-refractivity contribution in [3.05, 3.63) is 54.6 Å². The van der Waals surface area contributed by atoms with Gasteiger partial charge in [0.2, 0.25) is 5.88 Å². The number of ether oxygens (including phenoxy) is 2. The van der Waals surface area contributed by atoms with E-state index in [4.69, 9.17) is 9.47 Å². The fourth-order valence-electron chi connectivity index (χ4n) is 3.20. The van der Waals surface area contributed by atoms with E-state index in [1.54, 1.807) is 0 Å². The van der Waals surface area contributed by atoms with Crippen molar-refractivity contribution >= 4 is 10.8 Å². The Labute approximate surface area is 147 Å². The second-order valence-corrected chi connectivity index (χ2v) is 6.23. The molecule has 0 saturated carbocycles. The molecule has 0 aliphatic carbocycles. The van der Waals surface area contributed by atoms with Crippen molar-refractivity contribution in [3.63, 3.8) is 0 Å². The molecule has 1 saturated heterocycles. The number of morpholine rings is 1. The Morgan fingerprint density at radius 3 is 2.40 bits per heavy atom. The van der Waals surface area contributed by atoms with Crippen molar-refractivity contribution in [1.29, 1.82) is 0 Å². The highest BCUT2D eigenvalue weighted by atomic mass is 16.5. The number of benzene rings is 2. The molecule has 5 nitrogen and oxygen atoms in total. The van der Waals surface area contributed by atoms with Crippen LogP contribution in [0.4, 0.5) is 0 Å². The van der Waals surface area contributed by atoms with Crippen LogP contribution in [0.15, 0.2) is 54.6 Å². The Morgan fingerprint density at radius 2 is 1.60 bits per heavy atom. The minimum atomic E-state index is 0.614. The van der Waals surface area contributed by atoms with Crippen LogP contribution < -0.4 is 9.64 Å². The fourth-order valence-corrected chi connectivity index (χ4v) is 3.20. The van der Waals surface area contributed by atoms with Gasteiger partial charge in [0, 0.05) is 16.3 Å². The molecule has 128 valence electrons. The van der Waals surface area contributed by atoms with Crippen LogP contribution in [0.5, 0.6) is 5.88 Å². The zero-order valence-corrected chi connectivity index (χ0v) is 14.1. The number of hydrogen-bond donors (Lipinski definition) is 1. The summed E-state index contributed by atoms with van der Waals surface area (Å²) in [6.45, 7) is 5.36. The summed E-state index contributed by atoms with van der Waals surface area (Å²) in [5, 5.41) is 10.9. The topological polar surface area (TPSA) is 48.7 Å². The van der Waals surface area contributed by atoms with Crippen molar-refractivity contribution in [3.8, 4) is 17.1 Å². The largest absolute Gasteiger partial charge is 0.470 e. The van der Waals surface area contributed by atoms with E-state index >= 15 is 0 Å². The number of quaternary nitrogens is 1. The standard InChI is InChI=1S/C20H21N3O2/c1-2-6-16(7-3-1)19-17-8-4-5-9-18(17)20(22-21-19)25-15-12-23-10-13-24-14-11-23/h1-9H,10-15H2/p+1. The molecular formula is C20H22N3O2+. The number of nitrogens with zero attached hydrogens (tertiary/aromatic N) is 2. The SMILES string of the molecule is c1ccc(-c2nnc(OCC[NH+]3CCOCC3)c3ccccc23)cc1. The van der Waals surface area contributed by atoms with Gasteiger partial charge in [-0.3, -0.25) is 0 Å². The number of nitrogens with one attached hydrogen (secondary N) is 1. The van der Waals surface area contributed by atoms with Gasteiger partial charge in [-0.2, -0.15) is 0 Å². The molecule has 0 radical (unpaired) electrons. The Hall–Kier alpha value is -2.50. The summed E-state index contributed by atoms with van der Waals surface area (Å²) in [5.74, 6) is 0.614. The number of hydrogen-bond acceptors (Lipinski definition) is 4. The molecule has 0 spiro atoms. The summed E-state index contributed by atoms with van der Waals surface area (Å²) >= 11 is 0. The fraction of sp³-hybridized carbons (Fsp3) is 0.300. The van der Waals surface area contributed by atoms with Gasteiger partial charge in [0.1, 0.15) is 31.9 Å². The molecule has 1 fully saturated rings. The summed E-state index contributed by atoms with van der Waals surface area (Å²) in [6, 6.07) is 18.3. The van der Waals surface area contributed by atoms with Gasteiger partial charge in [0.05, 0.1) is 13.2 Å². The highest BCUT2D eigenvalue weighted by Gasteiger charge is 2.15. The predicted octanol–water partition coefficient (Wildman–Crippen LogP) is 1.59. The lowest BCUT2D eigenvalue weighted by Crippen LogP contribution is -3.14. The van der Waals surface area contributed by atoms with Gasteiger partial charge in [0.15, 0.2) is 0 Å². The van der Waals surface area contributed by atoms with Crippen LogP contribution in [0, 0.1) is 0 Å². The van der Waals surface area contributed by atoms with E-state index in [0.29, 0.717) is 12.5 Å². The molecule has 0 unspecified atom stereocenters. The van der Waals surface area contributed by atoms with E-state index < -0.39 is 0 Å². The molecule has 0 atom stereocenters. The highest BCUT2D eigenvalue weighted by Crippen LogP contribution is 2.30. The van der Waals surface area contributed by atoms with Gasteiger partial charge in [-0.1, -0.05) is 48.5 Å². The van der Waals surface area contributed by atoms with E-state index in [2.05, 4.69) is 28.4 Å². The molecule has 2 heterocycles. The van der Waals surface area contributed by atoms with E-state index in [9.17, 15) is 0 Å². The van der Waals surface area contributed by atoms with Crippen molar-refractivity contribution < 1.29 is 14.4 Å². The van der Waals surface area contributed by atoms with Crippen LogP contribution in [0.1, 0.15) is 0 Å². The van der Waals surface area contributed by atoms with E-state index in [0.717, 1.165) is 54.9 Å². The van der Waals surface area contributed by atoms with Gasteiger partial charge in [0.25, 0.3) is 0 Å². The molecule has 5 heteroatoms. The Kier molecular flexibility index (Phi) is 4.86. The van der Waals surface area contributed by atoms with Crippen LogP contribution in [0.2, 0.25) is 0 Å². The molecule has 0 amide bonds. The average molecular weight is 336 g/mol. The number of fused-ring (bicyclic) bond motifs is 1.